The van der Waals surface area contributed by atoms with Crippen molar-refractivity contribution in [3.63, 3.8) is 0 Å². The fraction of sp³-hybridized carbons (Fsp3) is 0.545. The van der Waals surface area contributed by atoms with Crippen molar-refractivity contribution in [1.82, 2.24) is 5.32 Å². The topological polar surface area (TPSA) is 55.1 Å². The van der Waals surface area contributed by atoms with Crippen molar-refractivity contribution in [2.24, 2.45) is 5.73 Å². The van der Waals surface area contributed by atoms with Gasteiger partial charge in [0.25, 0.3) is 0 Å². The number of rotatable bonds is 5. The second kappa shape index (κ2) is 5.88. The monoisotopic (exact) mass is 226 g/mol. The second-order valence-electron chi connectivity index (χ2n) is 3.81. The van der Waals surface area contributed by atoms with Crippen LogP contribution in [0.4, 0.5) is 0 Å². The molecular weight excluding hydrogens is 208 g/mol. The molecule has 3 nitrogen and oxygen atoms in total. The van der Waals surface area contributed by atoms with E-state index < -0.39 is 0 Å². The number of nitrogens with two attached hydrogens (primary N) is 1. The van der Waals surface area contributed by atoms with Gasteiger partial charge in [-0.05, 0) is 32.4 Å². The predicted octanol–water partition coefficient (Wildman–Crippen LogP) is 1.80. The number of nitrogens with one attached hydrogen (secondary N) is 1. The molecule has 1 unspecified atom stereocenters. The number of hydrogen-bond donors (Lipinski definition) is 2. The quantitative estimate of drug-likeness (QED) is 0.804. The van der Waals surface area contributed by atoms with Gasteiger partial charge in [-0.3, -0.25) is 4.79 Å². The summed E-state index contributed by atoms with van der Waals surface area (Å²) >= 11 is 1.71. The van der Waals surface area contributed by atoms with Gasteiger partial charge in [-0.1, -0.05) is 0 Å². The van der Waals surface area contributed by atoms with Crippen LogP contribution in [0.15, 0.2) is 12.1 Å². The first-order valence-corrected chi connectivity index (χ1v) is 5.97. The molecule has 1 amide bonds. The molecule has 0 saturated carbocycles. The average Bonchev–Trinajstić information content (AvgIpc) is 2.58. The number of carbonyl (C=O) groups excluding carboxylic acids is 1. The van der Waals surface area contributed by atoms with E-state index in [0.29, 0.717) is 13.0 Å². The maximum Gasteiger partial charge on any atom is 0.220 e. The van der Waals surface area contributed by atoms with Crippen molar-refractivity contribution in [2.75, 3.05) is 0 Å². The van der Waals surface area contributed by atoms with Gasteiger partial charge in [0.2, 0.25) is 5.91 Å². The fourth-order valence-corrected chi connectivity index (χ4v) is 2.04. The van der Waals surface area contributed by atoms with E-state index in [1.807, 2.05) is 13.0 Å². The second-order valence-corrected chi connectivity index (χ2v) is 5.18. The van der Waals surface area contributed by atoms with Gasteiger partial charge in [0, 0.05) is 22.2 Å². The minimum atomic E-state index is 0.0818. The lowest BCUT2D eigenvalue weighted by atomic mass is 10.2. The lowest BCUT2D eigenvalue weighted by Gasteiger charge is -2.05. The van der Waals surface area contributed by atoms with E-state index in [-0.39, 0.29) is 11.9 Å². The van der Waals surface area contributed by atoms with Crippen LogP contribution in [0.5, 0.6) is 0 Å². The van der Waals surface area contributed by atoms with Crippen molar-refractivity contribution >= 4 is 17.2 Å². The first kappa shape index (κ1) is 12.2. The van der Waals surface area contributed by atoms with Gasteiger partial charge in [0.15, 0.2) is 0 Å². The van der Waals surface area contributed by atoms with Crippen LogP contribution in [-0.2, 0) is 11.3 Å². The van der Waals surface area contributed by atoms with Crippen LogP contribution >= 0.6 is 11.3 Å². The maximum atomic E-state index is 11.4. The molecule has 1 rings (SSSR count). The predicted molar refractivity (Wildman–Crippen MR) is 63.8 cm³/mol. The summed E-state index contributed by atoms with van der Waals surface area (Å²) in [5.74, 6) is 0.0818. The standard InChI is InChI=1S/C11H18N2OS/c1-8(12)3-6-11(14)13-7-10-5-4-9(2)15-10/h4-5,8H,3,6-7,12H2,1-2H3,(H,13,14). The Hall–Kier alpha value is -0.870. The largest absolute Gasteiger partial charge is 0.351 e. The smallest absolute Gasteiger partial charge is 0.220 e. The summed E-state index contributed by atoms with van der Waals surface area (Å²) in [4.78, 5) is 13.8. The Morgan fingerprint density at radius 1 is 1.60 bits per heavy atom. The number of amides is 1. The van der Waals surface area contributed by atoms with Crippen LogP contribution in [0.2, 0.25) is 0 Å². The molecule has 0 radical (unpaired) electrons. The Labute approximate surface area is 94.7 Å². The Morgan fingerprint density at radius 3 is 2.87 bits per heavy atom. The summed E-state index contributed by atoms with van der Waals surface area (Å²) in [5.41, 5.74) is 5.57. The van der Waals surface area contributed by atoms with Gasteiger partial charge in [-0.15, -0.1) is 11.3 Å². The molecule has 1 aromatic rings. The number of thiophene rings is 1. The number of hydrogen-bond acceptors (Lipinski definition) is 3. The first-order chi connectivity index (χ1) is 7.08. The van der Waals surface area contributed by atoms with Gasteiger partial charge < -0.3 is 11.1 Å². The molecule has 1 aromatic heterocycles. The van der Waals surface area contributed by atoms with E-state index >= 15 is 0 Å². The van der Waals surface area contributed by atoms with Gasteiger partial charge in [-0.2, -0.15) is 0 Å². The SMILES string of the molecule is Cc1ccc(CNC(=O)CCC(C)N)s1. The number of carbonyl (C=O) groups is 1. The zero-order valence-electron chi connectivity index (χ0n) is 9.25. The Kier molecular flexibility index (Phi) is 4.78. The molecule has 0 bridgehead atoms. The zero-order valence-corrected chi connectivity index (χ0v) is 10.1. The van der Waals surface area contributed by atoms with Crippen molar-refractivity contribution in [2.45, 2.75) is 39.3 Å². The van der Waals surface area contributed by atoms with Gasteiger partial charge >= 0.3 is 0 Å². The van der Waals surface area contributed by atoms with Crippen LogP contribution in [-0.4, -0.2) is 11.9 Å². The molecule has 0 aromatic carbocycles. The maximum absolute atomic E-state index is 11.4. The fourth-order valence-electron chi connectivity index (χ4n) is 1.21. The molecule has 1 atom stereocenters. The molecule has 4 heteroatoms. The third kappa shape index (κ3) is 4.95. The highest BCUT2D eigenvalue weighted by Crippen LogP contribution is 2.14. The highest BCUT2D eigenvalue weighted by Gasteiger charge is 2.03. The third-order valence-electron chi connectivity index (χ3n) is 2.08. The Balaban J connectivity index is 2.22. The van der Waals surface area contributed by atoms with Crippen LogP contribution in [0, 0.1) is 6.92 Å². The summed E-state index contributed by atoms with van der Waals surface area (Å²) in [5, 5.41) is 2.88. The lowest BCUT2D eigenvalue weighted by Crippen LogP contribution is -2.25. The molecule has 0 saturated heterocycles. The third-order valence-corrected chi connectivity index (χ3v) is 3.08. The van der Waals surface area contributed by atoms with Crippen molar-refractivity contribution < 1.29 is 4.79 Å². The minimum absolute atomic E-state index is 0.0818. The van der Waals surface area contributed by atoms with Gasteiger partial charge in [0.05, 0.1) is 6.54 Å². The summed E-state index contributed by atoms with van der Waals surface area (Å²) in [6.07, 6.45) is 1.26. The molecule has 84 valence electrons. The van der Waals surface area contributed by atoms with Crippen LogP contribution < -0.4 is 11.1 Å². The van der Waals surface area contributed by atoms with E-state index in [4.69, 9.17) is 5.73 Å². The molecule has 0 aliphatic heterocycles. The summed E-state index contributed by atoms with van der Waals surface area (Å²) in [7, 11) is 0. The van der Waals surface area contributed by atoms with Crippen LogP contribution in [0.25, 0.3) is 0 Å². The molecule has 15 heavy (non-hydrogen) atoms. The van der Waals surface area contributed by atoms with Crippen molar-refractivity contribution in [3.05, 3.63) is 21.9 Å². The summed E-state index contributed by atoms with van der Waals surface area (Å²) in [6, 6.07) is 4.21. The van der Waals surface area contributed by atoms with E-state index in [9.17, 15) is 4.79 Å². The van der Waals surface area contributed by atoms with Crippen molar-refractivity contribution in [3.8, 4) is 0 Å². The number of aryl methyl sites for hydroxylation is 1. The van der Waals surface area contributed by atoms with E-state index in [1.165, 1.54) is 9.75 Å². The minimum Gasteiger partial charge on any atom is -0.351 e. The summed E-state index contributed by atoms with van der Waals surface area (Å²) in [6.45, 7) is 4.61. The van der Waals surface area contributed by atoms with Crippen LogP contribution in [0.1, 0.15) is 29.5 Å². The van der Waals surface area contributed by atoms with Gasteiger partial charge in [-0.25, -0.2) is 0 Å². The Morgan fingerprint density at radius 2 is 2.33 bits per heavy atom. The average molecular weight is 226 g/mol. The van der Waals surface area contributed by atoms with Crippen molar-refractivity contribution in [1.29, 1.82) is 0 Å². The molecular formula is C11H18N2OS. The van der Waals surface area contributed by atoms with E-state index in [1.54, 1.807) is 11.3 Å². The summed E-state index contributed by atoms with van der Waals surface area (Å²) < 4.78 is 0. The molecule has 0 fully saturated rings. The molecule has 0 aliphatic rings. The molecule has 1 heterocycles. The van der Waals surface area contributed by atoms with E-state index in [2.05, 4.69) is 18.3 Å². The zero-order chi connectivity index (χ0) is 11.3. The normalized spacial score (nSPS) is 12.5. The highest BCUT2D eigenvalue weighted by atomic mass is 32.1. The molecule has 3 N–H and O–H groups in total. The molecule has 0 aliphatic carbocycles. The highest BCUT2D eigenvalue weighted by molar-refractivity contribution is 7.11. The molecule has 0 spiro atoms. The van der Waals surface area contributed by atoms with Crippen LogP contribution in [0.3, 0.4) is 0 Å². The van der Waals surface area contributed by atoms with E-state index in [0.717, 1.165) is 6.42 Å². The Bertz CT molecular complexity index is 320. The van der Waals surface area contributed by atoms with Gasteiger partial charge in [0.1, 0.15) is 0 Å². The first-order valence-electron chi connectivity index (χ1n) is 5.15. The lowest BCUT2D eigenvalue weighted by molar-refractivity contribution is -0.121.